The van der Waals surface area contributed by atoms with Crippen LogP contribution in [0.2, 0.25) is 0 Å². The molecule has 0 aliphatic carbocycles. The fourth-order valence-electron chi connectivity index (χ4n) is 15.7. The standard InChI is InChI=1S/C79H57B2N5O5S/c1-76(2)77(3,4)89-81(88-76)57-37-36-50-54-40-46(75-83-73(44-20-10-8-11-21-44)82-74(84-75)45-22-12-9-13-23-45)39-53-47-35-34-43(38-61(47)86(70(53)54)59-29-18-31-62-68(59)67(50)72(57)87-62)42-79(7)78(5,6)90-80(91-79)56-27-16-25-48-52(56)41-55-49-26-17-32-63-66(49)69-60(30-19-33-64(69)92-63)85-58-28-15-14-24-51(58)65(48)71(55)85/h8-41H,42H2,1-7H3. The number of rotatable bonds is 7. The third-order valence-electron chi connectivity index (χ3n) is 21.3. The van der Waals surface area contributed by atoms with E-state index in [0.717, 1.165) is 98.6 Å². The van der Waals surface area contributed by atoms with E-state index in [1.807, 2.05) is 47.7 Å². The van der Waals surface area contributed by atoms with Crippen molar-refractivity contribution in [3.63, 3.8) is 0 Å². The van der Waals surface area contributed by atoms with Crippen LogP contribution in [0.5, 0.6) is 0 Å². The first kappa shape index (κ1) is 53.0. The normalized spacial score (nSPS) is 17.6. The maximum Gasteiger partial charge on any atom is 0.498 e. The summed E-state index contributed by atoms with van der Waals surface area (Å²) in [4.78, 5) is 15.7. The molecule has 11 aromatic carbocycles. The zero-order valence-corrected chi connectivity index (χ0v) is 52.5. The van der Waals surface area contributed by atoms with Crippen molar-refractivity contribution in [3.8, 4) is 34.2 Å². The van der Waals surface area contributed by atoms with Crippen molar-refractivity contribution in [1.82, 2.24) is 23.8 Å². The Morgan fingerprint density at radius 1 is 0.370 bits per heavy atom. The van der Waals surface area contributed by atoms with Crippen LogP contribution in [0.3, 0.4) is 0 Å². The minimum Gasteiger partial charge on any atom is -0.456 e. The van der Waals surface area contributed by atoms with E-state index in [9.17, 15) is 0 Å². The summed E-state index contributed by atoms with van der Waals surface area (Å²) < 4.78 is 43.2. The Balaban J connectivity index is 0.782. The second kappa shape index (κ2) is 18.3. The molecule has 20 rings (SSSR count). The Labute approximate surface area is 532 Å². The number of thiophene rings is 1. The van der Waals surface area contributed by atoms with Crippen LogP contribution < -0.4 is 10.9 Å². The van der Waals surface area contributed by atoms with Gasteiger partial charge in [-0.15, -0.1) is 11.3 Å². The Morgan fingerprint density at radius 3 is 1.65 bits per heavy atom. The average molecular weight is 1210 g/mol. The molecule has 2 aliphatic heterocycles. The van der Waals surface area contributed by atoms with Crippen molar-refractivity contribution in [2.24, 2.45) is 0 Å². The minimum absolute atomic E-state index is 0.558. The summed E-state index contributed by atoms with van der Waals surface area (Å²) in [6, 6.07) is 74.3. The molecule has 0 bridgehead atoms. The number of benzene rings is 11. The molecule has 2 fully saturated rings. The molecule has 0 saturated carbocycles. The van der Waals surface area contributed by atoms with Gasteiger partial charge in [-0.3, -0.25) is 0 Å². The molecule has 1 atom stereocenters. The minimum atomic E-state index is -0.777. The van der Waals surface area contributed by atoms with Crippen LogP contribution in [0.4, 0.5) is 0 Å². The molecular formula is C79H57B2N5O5S. The first-order valence-corrected chi connectivity index (χ1v) is 32.6. The Hall–Kier alpha value is -9.72. The van der Waals surface area contributed by atoms with Gasteiger partial charge in [-0.05, 0) is 142 Å². The predicted molar refractivity (Wildman–Crippen MR) is 379 cm³/mol. The van der Waals surface area contributed by atoms with Gasteiger partial charge in [0.2, 0.25) is 0 Å². The number of fused-ring (bicyclic) bond motifs is 12. The topological polar surface area (TPSA) is 97.6 Å². The molecule has 0 radical (unpaired) electrons. The number of hydrogen-bond acceptors (Lipinski definition) is 9. The summed E-state index contributed by atoms with van der Waals surface area (Å²) in [5, 5.41) is 16.1. The molecule has 1 unspecified atom stereocenters. The SMILES string of the molecule is CC1(C)OB(c2ccc3c4cc(-c5nc(-c6ccccc6)nc(-c6ccccc6)n5)cc5c6ccc(CC7(C)OB(c8cccc9c8cc8c%10cccc%11sc%12cccc(c%12c%11%10)n%10c%11ccccc%11c9c8%10)OC7(C)C)cc6n(c6cccc7oc2c3c76)c45)OC1(C)C. The first-order chi connectivity index (χ1) is 44.7. The molecule has 13 heteroatoms. The van der Waals surface area contributed by atoms with Gasteiger partial charge in [0.15, 0.2) is 17.5 Å². The molecule has 440 valence electrons. The van der Waals surface area contributed by atoms with Crippen LogP contribution in [0.25, 0.3) is 163 Å². The smallest absolute Gasteiger partial charge is 0.456 e. The summed E-state index contributed by atoms with van der Waals surface area (Å²) in [6.07, 6.45) is 0.571. The summed E-state index contributed by atoms with van der Waals surface area (Å²) in [5.41, 5.74) is 11.4. The van der Waals surface area contributed by atoms with Crippen molar-refractivity contribution >= 4 is 166 Å². The van der Waals surface area contributed by atoms with Crippen LogP contribution in [0.15, 0.2) is 211 Å². The molecule has 2 aliphatic rings. The van der Waals surface area contributed by atoms with Gasteiger partial charge < -0.3 is 31.8 Å². The van der Waals surface area contributed by atoms with Gasteiger partial charge in [-0.1, -0.05) is 146 Å². The van der Waals surface area contributed by atoms with Crippen molar-refractivity contribution in [1.29, 1.82) is 0 Å². The van der Waals surface area contributed by atoms with E-state index in [4.69, 9.17) is 38.0 Å². The highest BCUT2D eigenvalue weighted by atomic mass is 32.1. The van der Waals surface area contributed by atoms with Crippen LogP contribution in [-0.4, -0.2) is 60.4 Å². The number of aromatic nitrogens is 5. The van der Waals surface area contributed by atoms with E-state index in [0.29, 0.717) is 23.9 Å². The third kappa shape index (κ3) is 7.12. The number of nitrogens with zero attached hydrogens (tertiary/aromatic N) is 5. The average Bonchev–Trinajstić information content (AvgIpc) is 1.53. The molecule has 9 heterocycles. The van der Waals surface area contributed by atoms with Crippen LogP contribution >= 0.6 is 11.3 Å². The molecule has 92 heavy (non-hydrogen) atoms. The molecule has 18 aromatic rings. The summed E-state index contributed by atoms with van der Waals surface area (Å²) in [7, 11) is -1.31. The van der Waals surface area contributed by atoms with Gasteiger partial charge in [0.25, 0.3) is 0 Å². The Kier molecular flexibility index (Phi) is 10.5. The third-order valence-corrected chi connectivity index (χ3v) is 22.4. The first-order valence-electron chi connectivity index (χ1n) is 31.8. The lowest BCUT2D eigenvalue weighted by Gasteiger charge is -2.36. The van der Waals surface area contributed by atoms with Crippen LogP contribution in [0, 0.1) is 0 Å². The summed E-state index contributed by atoms with van der Waals surface area (Å²) >= 11 is 1.87. The lowest BCUT2D eigenvalue weighted by Crippen LogP contribution is -2.46. The molecule has 0 amide bonds. The molecule has 0 spiro atoms. The maximum absolute atomic E-state index is 7.56. The van der Waals surface area contributed by atoms with Crippen molar-refractivity contribution in [2.75, 3.05) is 0 Å². The summed E-state index contributed by atoms with van der Waals surface area (Å²) in [5.74, 6) is 1.77. The highest BCUT2D eigenvalue weighted by molar-refractivity contribution is 7.26. The highest BCUT2D eigenvalue weighted by Crippen LogP contribution is 2.50. The van der Waals surface area contributed by atoms with E-state index in [-0.39, 0.29) is 0 Å². The van der Waals surface area contributed by atoms with Crippen LogP contribution in [-0.2, 0) is 25.0 Å². The molecule has 2 saturated heterocycles. The van der Waals surface area contributed by atoms with Gasteiger partial charge in [-0.25, -0.2) is 15.0 Å². The molecular weight excluding hydrogens is 1150 g/mol. The monoisotopic (exact) mass is 1210 g/mol. The number of para-hydroxylation sites is 1. The Bertz CT molecular complexity index is 6140. The quantitative estimate of drug-likeness (QED) is 0.146. The Morgan fingerprint density at radius 2 is 0.913 bits per heavy atom. The van der Waals surface area contributed by atoms with Gasteiger partial charge >= 0.3 is 14.2 Å². The fraction of sp³-hybridized carbons (Fsp3) is 0.152. The van der Waals surface area contributed by atoms with Gasteiger partial charge in [0, 0.05) is 86.4 Å². The largest absolute Gasteiger partial charge is 0.498 e. The molecule has 7 aromatic heterocycles. The van der Waals surface area contributed by atoms with Gasteiger partial charge in [0.1, 0.15) is 11.2 Å². The fourth-order valence-corrected chi connectivity index (χ4v) is 16.9. The maximum atomic E-state index is 7.56. The number of hydrogen-bond donors (Lipinski definition) is 0. The van der Waals surface area contributed by atoms with Gasteiger partial charge in [0.05, 0.1) is 60.9 Å². The van der Waals surface area contributed by atoms with E-state index >= 15 is 0 Å². The second-order valence-corrected chi connectivity index (χ2v) is 28.3. The lowest BCUT2D eigenvalue weighted by atomic mass is 9.75. The van der Waals surface area contributed by atoms with Crippen LogP contribution in [0.1, 0.15) is 54.0 Å². The van der Waals surface area contributed by atoms with E-state index in [2.05, 4.69) is 227 Å². The lowest BCUT2D eigenvalue weighted by molar-refractivity contribution is -0.00875. The zero-order chi connectivity index (χ0) is 61.5. The van der Waals surface area contributed by atoms with Crippen molar-refractivity contribution < 1.29 is 23.0 Å². The van der Waals surface area contributed by atoms with Crippen molar-refractivity contribution in [3.05, 3.63) is 212 Å². The van der Waals surface area contributed by atoms with Crippen molar-refractivity contribution in [2.45, 2.75) is 77.3 Å². The predicted octanol–water partition coefficient (Wildman–Crippen LogP) is 18.4. The van der Waals surface area contributed by atoms with E-state index < -0.39 is 36.6 Å². The van der Waals surface area contributed by atoms with E-state index in [1.165, 1.54) is 63.7 Å². The zero-order valence-electron chi connectivity index (χ0n) is 51.7. The van der Waals surface area contributed by atoms with E-state index in [1.54, 1.807) is 0 Å². The number of furan rings is 1. The second-order valence-electron chi connectivity index (χ2n) is 27.3. The highest BCUT2D eigenvalue weighted by Gasteiger charge is 2.55. The summed E-state index contributed by atoms with van der Waals surface area (Å²) in [6.45, 7) is 15.0. The molecule has 0 N–H and O–H groups in total. The van der Waals surface area contributed by atoms with Gasteiger partial charge in [-0.2, -0.15) is 0 Å². The molecule has 10 nitrogen and oxygen atoms in total.